The summed E-state index contributed by atoms with van der Waals surface area (Å²) in [6.07, 6.45) is 0. The molecule has 114 valence electrons. The second-order valence-electron chi connectivity index (χ2n) is 5.06. The lowest BCUT2D eigenvalue weighted by molar-refractivity contribution is 0.440. The summed E-state index contributed by atoms with van der Waals surface area (Å²) < 4.78 is 38.1. The molecule has 1 N–H and O–H groups in total. The van der Waals surface area contributed by atoms with Crippen LogP contribution in [0.15, 0.2) is 15.7 Å². The van der Waals surface area contributed by atoms with Crippen molar-refractivity contribution in [1.29, 1.82) is 0 Å². The van der Waals surface area contributed by atoms with Gasteiger partial charge in [-0.3, -0.25) is 4.21 Å². The van der Waals surface area contributed by atoms with Gasteiger partial charge in [-0.2, -0.15) is 4.31 Å². The minimum absolute atomic E-state index is 0.354. The van der Waals surface area contributed by atoms with Crippen molar-refractivity contribution in [3.63, 3.8) is 0 Å². The van der Waals surface area contributed by atoms with E-state index in [0.717, 1.165) is 5.56 Å². The van der Waals surface area contributed by atoms with E-state index in [1.165, 1.54) is 15.6 Å². The Balaban J connectivity index is 2.08. The number of nitrogens with zero attached hydrogens (tertiary/aromatic N) is 1. The molecule has 1 aliphatic rings. The van der Waals surface area contributed by atoms with Crippen LogP contribution in [0.25, 0.3) is 0 Å². The van der Waals surface area contributed by atoms with Crippen LogP contribution in [0.2, 0.25) is 0 Å². The first-order valence-corrected chi connectivity index (χ1v) is 10.4. The zero-order valence-corrected chi connectivity index (χ0v) is 14.1. The van der Waals surface area contributed by atoms with Gasteiger partial charge in [0.2, 0.25) is 0 Å². The SMILES string of the molecule is CC(C)NCc1csc(S(=O)(=O)N2CCS(=O)CC2)c1. The first kappa shape index (κ1) is 16.1. The van der Waals surface area contributed by atoms with Gasteiger partial charge in [0.15, 0.2) is 0 Å². The van der Waals surface area contributed by atoms with Crippen LogP contribution in [0.3, 0.4) is 0 Å². The number of thiophene rings is 1. The summed E-state index contributed by atoms with van der Waals surface area (Å²) in [5.41, 5.74) is 0.989. The molecule has 2 rings (SSSR count). The van der Waals surface area contributed by atoms with Gasteiger partial charge < -0.3 is 5.32 Å². The molecule has 1 aliphatic heterocycles. The minimum atomic E-state index is -3.41. The molecule has 0 spiro atoms. The zero-order valence-electron chi connectivity index (χ0n) is 11.7. The Hall–Kier alpha value is -0.280. The molecule has 1 aromatic heterocycles. The molecule has 8 heteroatoms. The van der Waals surface area contributed by atoms with Crippen molar-refractivity contribution in [3.05, 3.63) is 17.0 Å². The van der Waals surface area contributed by atoms with Crippen molar-refractivity contribution in [2.45, 2.75) is 30.6 Å². The quantitative estimate of drug-likeness (QED) is 0.871. The smallest absolute Gasteiger partial charge is 0.252 e. The first-order chi connectivity index (χ1) is 9.39. The summed E-state index contributed by atoms with van der Waals surface area (Å²) in [5.74, 6) is 0.874. The lowest BCUT2D eigenvalue weighted by Crippen LogP contribution is -2.41. The Morgan fingerprint density at radius 1 is 1.40 bits per heavy atom. The molecule has 1 fully saturated rings. The van der Waals surface area contributed by atoms with Gasteiger partial charge in [-0.15, -0.1) is 11.3 Å². The molecule has 0 radical (unpaired) electrons. The second kappa shape index (κ2) is 6.65. The van der Waals surface area contributed by atoms with E-state index >= 15 is 0 Å². The maximum Gasteiger partial charge on any atom is 0.252 e. The third kappa shape index (κ3) is 3.88. The molecule has 0 bridgehead atoms. The van der Waals surface area contributed by atoms with Crippen LogP contribution in [0.4, 0.5) is 0 Å². The molecule has 0 saturated carbocycles. The maximum atomic E-state index is 12.5. The number of nitrogens with one attached hydrogen (secondary N) is 1. The first-order valence-electron chi connectivity index (χ1n) is 6.55. The lowest BCUT2D eigenvalue weighted by atomic mass is 10.3. The van der Waals surface area contributed by atoms with Gasteiger partial charge in [0.05, 0.1) is 0 Å². The van der Waals surface area contributed by atoms with Crippen LogP contribution in [0.5, 0.6) is 0 Å². The van der Waals surface area contributed by atoms with Gasteiger partial charge in [0.1, 0.15) is 4.21 Å². The van der Waals surface area contributed by atoms with Crippen LogP contribution >= 0.6 is 11.3 Å². The largest absolute Gasteiger partial charge is 0.310 e. The highest BCUT2D eigenvalue weighted by Crippen LogP contribution is 2.24. The monoisotopic (exact) mass is 336 g/mol. The molecule has 1 saturated heterocycles. The van der Waals surface area contributed by atoms with Crippen LogP contribution in [-0.4, -0.2) is 47.6 Å². The maximum absolute atomic E-state index is 12.5. The minimum Gasteiger partial charge on any atom is -0.310 e. The van der Waals surface area contributed by atoms with E-state index in [2.05, 4.69) is 19.2 Å². The van der Waals surface area contributed by atoms with E-state index in [4.69, 9.17) is 0 Å². The van der Waals surface area contributed by atoms with Gasteiger partial charge in [0.25, 0.3) is 10.0 Å². The summed E-state index contributed by atoms with van der Waals surface area (Å²) in [5, 5.41) is 5.15. The molecular formula is C12H20N2O3S3. The molecule has 0 amide bonds. The highest BCUT2D eigenvalue weighted by atomic mass is 32.2. The summed E-state index contributed by atoms with van der Waals surface area (Å²) in [4.78, 5) is 0. The average molecular weight is 337 g/mol. The Labute approximate surface area is 126 Å². The molecule has 20 heavy (non-hydrogen) atoms. The van der Waals surface area contributed by atoms with Gasteiger partial charge in [0, 0.05) is 48.0 Å². The molecular weight excluding hydrogens is 316 g/mol. The van der Waals surface area contributed by atoms with Crippen molar-refractivity contribution < 1.29 is 12.6 Å². The van der Waals surface area contributed by atoms with E-state index in [9.17, 15) is 12.6 Å². The predicted molar refractivity (Wildman–Crippen MR) is 82.9 cm³/mol. The summed E-state index contributed by atoms with van der Waals surface area (Å²) in [6.45, 7) is 5.49. The Bertz CT molecular complexity index is 571. The van der Waals surface area contributed by atoms with Gasteiger partial charge in [-0.1, -0.05) is 13.8 Å². The topological polar surface area (TPSA) is 66.5 Å². The fourth-order valence-corrected chi connectivity index (χ4v) is 5.98. The third-order valence-corrected chi connectivity index (χ3v) is 7.71. The fourth-order valence-electron chi connectivity index (χ4n) is 1.89. The standard InChI is InChI=1S/C12H20N2O3S3/c1-10(2)13-8-11-7-12(18-9-11)20(16,17)14-3-5-19(15)6-4-14/h7,9-10,13H,3-6,8H2,1-2H3. The van der Waals surface area contributed by atoms with Crippen LogP contribution < -0.4 is 5.32 Å². The molecule has 5 nitrogen and oxygen atoms in total. The number of hydrogen-bond donors (Lipinski definition) is 1. The molecule has 0 atom stereocenters. The number of rotatable bonds is 5. The number of sulfonamides is 1. The lowest BCUT2D eigenvalue weighted by Gasteiger charge is -2.24. The van der Waals surface area contributed by atoms with E-state index < -0.39 is 20.8 Å². The van der Waals surface area contributed by atoms with Crippen molar-refractivity contribution in [2.24, 2.45) is 0 Å². The Kier molecular flexibility index (Phi) is 5.36. The zero-order chi connectivity index (χ0) is 14.8. The van der Waals surface area contributed by atoms with E-state index in [-0.39, 0.29) is 0 Å². The molecule has 1 aromatic rings. The molecule has 0 aliphatic carbocycles. The summed E-state index contributed by atoms with van der Waals surface area (Å²) in [6, 6.07) is 2.10. The normalized spacial score (nSPS) is 18.8. The van der Waals surface area contributed by atoms with Crippen LogP contribution in [-0.2, 0) is 27.4 Å². The Morgan fingerprint density at radius 3 is 2.65 bits per heavy atom. The van der Waals surface area contributed by atoms with Crippen molar-refractivity contribution in [1.82, 2.24) is 9.62 Å². The van der Waals surface area contributed by atoms with Crippen molar-refractivity contribution >= 4 is 32.2 Å². The average Bonchev–Trinajstić information content (AvgIpc) is 2.86. The third-order valence-electron chi connectivity index (χ3n) is 3.08. The Morgan fingerprint density at radius 2 is 2.05 bits per heavy atom. The number of hydrogen-bond acceptors (Lipinski definition) is 5. The molecule has 0 aromatic carbocycles. The second-order valence-corrected chi connectivity index (χ2v) is 9.83. The van der Waals surface area contributed by atoms with Crippen LogP contribution in [0, 0.1) is 0 Å². The van der Waals surface area contributed by atoms with E-state index in [1.807, 2.05) is 5.38 Å². The summed E-state index contributed by atoms with van der Waals surface area (Å²) in [7, 11) is -4.28. The molecule has 2 heterocycles. The predicted octanol–water partition coefficient (Wildman–Crippen LogP) is 0.999. The van der Waals surface area contributed by atoms with E-state index in [1.54, 1.807) is 6.07 Å². The van der Waals surface area contributed by atoms with Gasteiger partial charge in [-0.05, 0) is 17.0 Å². The van der Waals surface area contributed by atoms with Gasteiger partial charge >= 0.3 is 0 Å². The molecule has 0 unspecified atom stereocenters. The van der Waals surface area contributed by atoms with Crippen molar-refractivity contribution in [2.75, 3.05) is 24.6 Å². The highest BCUT2D eigenvalue weighted by molar-refractivity contribution is 7.91. The van der Waals surface area contributed by atoms with Crippen molar-refractivity contribution in [3.8, 4) is 0 Å². The van der Waals surface area contributed by atoms with Crippen LogP contribution in [0.1, 0.15) is 19.4 Å². The fraction of sp³-hybridized carbons (Fsp3) is 0.667. The van der Waals surface area contributed by atoms with Gasteiger partial charge in [-0.25, -0.2) is 8.42 Å². The van der Waals surface area contributed by atoms with E-state index in [0.29, 0.717) is 41.4 Å². The summed E-state index contributed by atoms with van der Waals surface area (Å²) >= 11 is 1.26. The highest BCUT2D eigenvalue weighted by Gasteiger charge is 2.29.